The van der Waals surface area contributed by atoms with Crippen LogP contribution in [0.3, 0.4) is 0 Å². The first-order valence-corrected chi connectivity index (χ1v) is 8.20. The highest BCUT2D eigenvalue weighted by Gasteiger charge is 2.19. The Hall–Kier alpha value is -2.41. The Kier molecular flexibility index (Phi) is 6.14. The minimum absolute atomic E-state index is 0.00699. The zero-order valence-corrected chi connectivity index (χ0v) is 14.8. The lowest BCUT2D eigenvalue weighted by Gasteiger charge is -2.25. The van der Waals surface area contributed by atoms with Gasteiger partial charge in [-0.15, -0.1) is 0 Å². The number of hydrogen-bond donors (Lipinski definition) is 3. The van der Waals surface area contributed by atoms with Crippen LogP contribution in [0.4, 0.5) is 9.18 Å². The van der Waals surface area contributed by atoms with E-state index >= 15 is 0 Å². The second kappa shape index (κ2) is 8.11. The summed E-state index contributed by atoms with van der Waals surface area (Å²) in [5, 5.41) is 14.8. The summed E-state index contributed by atoms with van der Waals surface area (Å²) in [6, 6.07) is 4.07. The van der Waals surface area contributed by atoms with Gasteiger partial charge in [0.25, 0.3) is 0 Å². The van der Waals surface area contributed by atoms with Gasteiger partial charge in [0.1, 0.15) is 5.82 Å². The van der Waals surface area contributed by atoms with Crippen molar-refractivity contribution in [1.29, 1.82) is 0 Å². The van der Waals surface area contributed by atoms with Crippen molar-refractivity contribution >= 4 is 6.03 Å². The zero-order chi connectivity index (χ0) is 18.4. The van der Waals surface area contributed by atoms with Gasteiger partial charge in [-0.2, -0.15) is 0 Å². The van der Waals surface area contributed by atoms with E-state index in [0.29, 0.717) is 17.7 Å². The molecule has 2 amide bonds. The maximum atomic E-state index is 14.2. The second-order valence-electron chi connectivity index (χ2n) is 7.23. The number of benzene rings is 1. The monoisotopic (exact) mass is 348 g/mol. The Morgan fingerprint density at radius 2 is 2.16 bits per heavy atom. The number of imidazole rings is 1. The van der Waals surface area contributed by atoms with E-state index in [1.165, 1.54) is 12.4 Å². The minimum atomic E-state index is -0.390. The smallest absolute Gasteiger partial charge is 0.315 e. The molecule has 0 aliphatic heterocycles. The third-order valence-electron chi connectivity index (χ3n) is 3.66. The number of aliphatic hydroxyl groups excluding tert-OH is 1. The summed E-state index contributed by atoms with van der Waals surface area (Å²) in [5.74, 6) is -0.390. The molecule has 0 aliphatic carbocycles. The predicted octanol–water partition coefficient (Wildman–Crippen LogP) is 2.61. The molecule has 1 unspecified atom stereocenters. The first kappa shape index (κ1) is 18.9. The molecule has 2 rings (SSSR count). The van der Waals surface area contributed by atoms with Crippen LogP contribution in [0.2, 0.25) is 0 Å². The van der Waals surface area contributed by atoms with Crippen LogP contribution in [0.15, 0.2) is 36.9 Å². The number of carbonyl (C=O) groups excluding carboxylic acids is 1. The van der Waals surface area contributed by atoms with Crippen molar-refractivity contribution in [2.24, 2.45) is 5.41 Å². The van der Waals surface area contributed by atoms with E-state index in [2.05, 4.69) is 15.6 Å². The van der Waals surface area contributed by atoms with Crippen LogP contribution in [0.1, 0.15) is 32.8 Å². The molecule has 1 aromatic carbocycles. The molecule has 2 aromatic rings. The fraction of sp³-hybridized carbons (Fsp3) is 0.444. The summed E-state index contributed by atoms with van der Waals surface area (Å²) in [7, 11) is 0. The second-order valence-corrected chi connectivity index (χ2v) is 7.23. The number of amides is 2. The van der Waals surface area contributed by atoms with Gasteiger partial charge in [0.05, 0.1) is 24.7 Å². The molecule has 1 heterocycles. The molecule has 0 saturated heterocycles. The van der Waals surface area contributed by atoms with Gasteiger partial charge in [0, 0.05) is 18.9 Å². The van der Waals surface area contributed by atoms with E-state index < -0.39 is 5.82 Å². The van der Waals surface area contributed by atoms with Crippen LogP contribution >= 0.6 is 0 Å². The molecule has 0 spiro atoms. The lowest BCUT2D eigenvalue weighted by atomic mass is 9.88. The Labute approximate surface area is 147 Å². The molecule has 136 valence electrons. The maximum Gasteiger partial charge on any atom is 0.315 e. The number of aromatic nitrogens is 2. The van der Waals surface area contributed by atoms with Crippen LogP contribution in [-0.2, 0) is 6.54 Å². The molecule has 3 N–H and O–H groups in total. The van der Waals surface area contributed by atoms with Crippen LogP contribution < -0.4 is 10.6 Å². The van der Waals surface area contributed by atoms with Crippen molar-refractivity contribution in [3.05, 3.63) is 48.3 Å². The highest BCUT2D eigenvalue weighted by atomic mass is 19.1. The molecule has 0 fully saturated rings. The number of nitrogens with one attached hydrogen (secondary N) is 2. The van der Waals surface area contributed by atoms with Gasteiger partial charge in [-0.1, -0.05) is 26.8 Å². The molecule has 25 heavy (non-hydrogen) atoms. The molecule has 1 atom stereocenters. The topological polar surface area (TPSA) is 79.2 Å². The predicted molar refractivity (Wildman–Crippen MR) is 93.8 cm³/mol. The summed E-state index contributed by atoms with van der Waals surface area (Å²) >= 11 is 0. The molecule has 0 radical (unpaired) electrons. The number of urea groups is 1. The lowest BCUT2D eigenvalue weighted by molar-refractivity contribution is 0.190. The molecule has 6 nitrogen and oxygen atoms in total. The van der Waals surface area contributed by atoms with Crippen molar-refractivity contribution < 1.29 is 14.3 Å². The largest absolute Gasteiger partial charge is 0.394 e. The van der Waals surface area contributed by atoms with Crippen molar-refractivity contribution in [2.75, 3.05) is 6.61 Å². The molecule has 0 aliphatic rings. The molecule has 7 heteroatoms. The van der Waals surface area contributed by atoms with E-state index in [4.69, 9.17) is 0 Å². The van der Waals surface area contributed by atoms with Crippen LogP contribution in [-0.4, -0.2) is 33.3 Å². The lowest BCUT2D eigenvalue weighted by Crippen LogP contribution is -2.45. The molecule has 0 saturated carbocycles. The fourth-order valence-corrected chi connectivity index (χ4v) is 2.59. The molecule has 0 bridgehead atoms. The van der Waals surface area contributed by atoms with E-state index in [0.717, 1.165) is 0 Å². The Balaban J connectivity index is 1.90. The van der Waals surface area contributed by atoms with Crippen molar-refractivity contribution in [3.63, 3.8) is 0 Å². The van der Waals surface area contributed by atoms with Gasteiger partial charge in [-0.25, -0.2) is 14.2 Å². The number of halogens is 1. The summed E-state index contributed by atoms with van der Waals surface area (Å²) in [5.41, 5.74) is 1.04. The zero-order valence-electron chi connectivity index (χ0n) is 14.8. The van der Waals surface area contributed by atoms with Crippen LogP contribution in [0.5, 0.6) is 0 Å². The Morgan fingerprint density at radius 1 is 1.40 bits per heavy atom. The van der Waals surface area contributed by atoms with Gasteiger partial charge in [-0.3, -0.25) is 0 Å². The highest BCUT2D eigenvalue weighted by molar-refractivity contribution is 5.74. The third-order valence-corrected chi connectivity index (χ3v) is 3.66. The quantitative estimate of drug-likeness (QED) is 0.751. The Bertz CT molecular complexity index is 696. The van der Waals surface area contributed by atoms with Crippen molar-refractivity contribution in [2.45, 2.75) is 39.8 Å². The van der Waals surface area contributed by atoms with Crippen LogP contribution in [0.25, 0.3) is 5.69 Å². The van der Waals surface area contributed by atoms with E-state index in [1.54, 1.807) is 29.1 Å². The number of hydrogen-bond acceptors (Lipinski definition) is 3. The summed E-state index contributed by atoms with van der Waals surface area (Å²) < 4.78 is 15.8. The average molecular weight is 348 g/mol. The summed E-state index contributed by atoms with van der Waals surface area (Å²) in [6.45, 7) is 6.19. The van der Waals surface area contributed by atoms with Crippen LogP contribution in [0, 0.1) is 11.2 Å². The van der Waals surface area contributed by atoms with Gasteiger partial charge >= 0.3 is 6.03 Å². The van der Waals surface area contributed by atoms with Gasteiger partial charge in [0.15, 0.2) is 0 Å². The molecular weight excluding hydrogens is 323 g/mol. The Morgan fingerprint density at radius 3 is 2.72 bits per heavy atom. The summed E-state index contributed by atoms with van der Waals surface area (Å²) in [6.07, 6.45) is 5.42. The fourth-order valence-electron chi connectivity index (χ4n) is 2.59. The number of rotatable bonds is 6. The number of carbonyl (C=O) groups is 1. The molecular formula is C18H25FN4O2. The van der Waals surface area contributed by atoms with E-state index in [1.807, 2.05) is 20.8 Å². The van der Waals surface area contributed by atoms with Crippen molar-refractivity contribution in [3.8, 4) is 5.69 Å². The van der Waals surface area contributed by atoms with Gasteiger partial charge in [-0.05, 0) is 29.5 Å². The standard InChI is InChI=1S/C18H25FN4O2/c1-18(2,3)9-14(11-24)22-17(25)21-10-13-4-5-16(15(19)8-13)23-7-6-20-12-23/h4-8,12,14,24H,9-11H2,1-3H3,(H2,21,22,25). The number of nitrogens with zero attached hydrogens (tertiary/aromatic N) is 2. The van der Waals surface area contributed by atoms with E-state index in [9.17, 15) is 14.3 Å². The van der Waals surface area contributed by atoms with E-state index in [-0.39, 0.29) is 30.6 Å². The summed E-state index contributed by atoms with van der Waals surface area (Å²) in [4.78, 5) is 15.9. The average Bonchev–Trinajstić information content (AvgIpc) is 3.05. The number of aliphatic hydroxyl groups is 1. The normalized spacial score (nSPS) is 12.7. The third kappa shape index (κ3) is 5.86. The SMILES string of the molecule is CC(C)(C)CC(CO)NC(=O)NCc1ccc(-n2ccnc2)c(F)c1. The first-order chi connectivity index (χ1) is 11.8. The van der Waals surface area contributed by atoms with Gasteiger partial charge in [0.2, 0.25) is 0 Å². The van der Waals surface area contributed by atoms with Gasteiger partial charge < -0.3 is 20.3 Å². The maximum absolute atomic E-state index is 14.2. The minimum Gasteiger partial charge on any atom is -0.394 e. The van der Waals surface area contributed by atoms with Crippen molar-refractivity contribution in [1.82, 2.24) is 20.2 Å². The first-order valence-electron chi connectivity index (χ1n) is 8.20. The highest BCUT2D eigenvalue weighted by Crippen LogP contribution is 2.20. The molecule has 1 aromatic heterocycles.